The first kappa shape index (κ1) is 26.3. The van der Waals surface area contributed by atoms with Crippen molar-refractivity contribution in [3.05, 3.63) is 75.0 Å². The molecule has 0 spiro atoms. The quantitative estimate of drug-likeness (QED) is 0.419. The SMILES string of the molecule is CCS(=O)(=O)c1ccc(CNC(=O)c2nc3c(s2)CN(Cc2ccc(C(F)F)cc2)[C@H]3C(C)C)nc1. The Morgan fingerprint density at radius 3 is 2.50 bits per heavy atom. The van der Waals surface area contributed by atoms with E-state index in [1.54, 1.807) is 25.1 Å². The third kappa shape index (κ3) is 5.63. The molecule has 0 fully saturated rings. The van der Waals surface area contributed by atoms with E-state index < -0.39 is 16.3 Å². The van der Waals surface area contributed by atoms with E-state index >= 15 is 0 Å². The molecule has 1 aliphatic heterocycles. The van der Waals surface area contributed by atoms with Gasteiger partial charge in [0.2, 0.25) is 0 Å². The molecule has 4 rings (SSSR count). The van der Waals surface area contributed by atoms with Gasteiger partial charge < -0.3 is 5.32 Å². The molecular formula is C25H28F2N4O3S2. The third-order valence-corrected chi connectivity index (χ3v) is 8.93. The molecule has 1 aromatic carbocycles. The lowest BCUT2D eigenvalue weighted by Crippen LogP contribution is -2.27. The van der Waals surface area contributed by atoms with E-state index in [1.807, 2.05) is 0 Å². The van der Waals surface area contributed by atoms with Gasteiger partial charge in [0.1, 0.15) is 0 Å². The molecular weight excluding hydrogens is 506 g/mol. The molecule has 0 saturated carbocycles. The van der Waals surface area contributed by atoms with Crippen molar-refractivity contribution in [2.24, 2.45) is 5.92 Å². The minimum Gasteiger partial charge on any atom is -0.344 e. The van der Waals surface area contributed by atoms with Gasteiger partial charge in [-0.1, -0.05) is 45.0 Å². The number of benzene rings is 1. The van der Waals surface area contributed by atoms with Crippen LogP contribution in [0.2, 0.25) is 0 Å². The summed E-state index contributed by atoms with van der Waals surface area (Å²) in [6, 6.07) is 9.48. The Kier molecular flexibility index (Phi) is 7.82. The van der Waals surface area contributed by atoms with Crippen molar-refractivity contribution in [2.45, 2.75) is 57.8 Å². The second-order valence-corrected chi connectivity index (χ2v) is 12.4. The van der Waals surface area contributed by atoms with Crippen LogP contribution in [0.3, 0.4) is 0 Å². The predicted molar refractivity (Wildman–Crippen MR) is 133 cm³/mol. The fraction of sp³-hybridized carbons (Fsp3) is 0.400. The van der Waals surface area contributed by atoms with Gasteiger partial charge in [-0.3, -0.25) is 14.7 Å². The highest BCUT2D eigenvalue weighted by Gasteiger charge is 2.36. The Bertz CT molecular complexity index is 1320. The fourth-order valence-electron chi connectivity index (χ4n) is 4.27. The number of nitrogens with one attached hydrogen (secondary N) is 1. The van der Waals surface area contributed by atoms with Gasteiger partial charge in [-0.2, -0.15) is 0 Å². The van der Waals surface area contributed by atoms with E-state index in [0.717, 1.165) is 16.1 Å². The Morgan fingerprint density at radius 1 is 1.19 bits per heavy atom. The van der Waals surface area contributed by atoms with Crippen molar-refractivity contribution in [2.75, 3.05) is 5.75 Å². The van der Waals surface area contributed by atoms with Crippen molar-refractivity contribution in [1.29, 1.82) is 0 Å². The van der Waals surface area contributed by atoms with Gasteiger partial charge in [0.15, 0.2) is 14.8 Å². The highest BCUT2D eigenvalue weighted by Crippen LogP contribution is 2.41. The lowest BCUT2D eigenvalue weighted by Gasteiger charge is -2.27. The van der Waals surface area contributed by atoms with Crippen LogP contribution in [0.4, 0.5) is 8.78 Å². The number of thiazole rings is 1. The molecule has 0 aliphatic carbocycles. The Balaban J connectivity index is 1.41. The summed E-state index contributed by atoms with van der Waals surface area (Å²) in [6.07, 6.45) is -1.18. The number of carbonyl (C=O) groups excluding carboxylic acids is 1. The van der Waals surface area contributed by atoms with Crippen LogP contribution in [-0.2, 0) is 29.5 Å². The summed E-state index contributed by atoms with van der Waals surface area (Å²) in [6.45, 7) is 7.16. The number of pyridine rings is 1. The second kappa shape index (κ2) is 10.7. The number of hydrogen-bond donors (Lipinski definition) is 1. The topological polar surface area (TPSA) is 92.3 Å². The monoisotopic (exact) mass is 534 g/mol. The molecule has 2 aromatic heterocycles. The lowest BCUT2D eigenvalue weighted by molar-refractivity contribution is 0.0948. The van der Waals surface area contributed by atoms with Gasteiger partial charge in [0, 0.05) is 29.7 Å². The summed E-state index contributed by atoms with van der Waals surface area (Å²) < 4.78 is 49.6. The highest BCUT2D eigenvalue weighted by molar-refractivity contribution is 7.91. The minimum absolute atomic E-state index is 0.000733. The van der Waals surface area contributed by atoms with Crippen molar-refractivity contribution >= 4 is 27.1 Å². The molecule has 1 aliphatic rings. The normalized spacial score (nSPS) is 16.0. The summed E-state index contributed by atoms with van der Waals surface area (Å²) in [7, 11) is -3.32. The standard InChI is InChI=1S/C25H28F2N4O3S2/c1-4-36(33,34)19-10-9-18(28-12-19)11-29-24(32)25-30-21-20(35-25)14-31(22(21)15(2)3)13-16-5-7-17(8-6-16)23(26)27/h5-10,12,15,22-23H,4,11,13-14H2,1-3H3,(H,29,32)/t22-/m0/s1. The number of nitrogens with zero attached hydrogens (tertiary/aromatic N) is 3. The largest absolute Gasteiger partial charge is 0.344 e. The Morgan fingerprint density at radius 2 is 1.92 bits per heavy atom. The summed E-state index contributed by atoms with van der Waals surface area (Å²) in [4.78, 5) is 25.0. The van der Waals surface area contributed by atoms with Crippen LogP contribution in [0.15, 0.2) is 47.5 Å². The average molecular weight is 535 g/mol. The molecule has 1 N–H and O–H groups in total. The first-order valence-corrected chi connectivity index (χ1v) is 14.1. The van der Waals surface area contributed by atoms with Gasteiger partial charge >= 0.3 is 0 Å². The van der Waals surface area contributed by atoms with Crippen LogP contribution in [0.25, 0.3) is 0 Å². The molecule has 7 nitrogen and oxygen atoms in total. The molecule has 0 bridgehead atoms. The number of amides is 1. The van der Waals surface area contributed by atoms with E-state index in [9.17, 15) is 22.0 Å². The van der Waals surface area contributed by atoms with Crippen LogP contribution in [0.1, 0.15) is 70.4 Å². The highest BCUT2D eigenvalue weighted by atomic mass is 32.2. The molecule has 0 unspecified atom stereocenters. The molecule has 0 saturated heterocycles. The number of aromatic nitrogens is 2. The average Bonchev–Trinajstić information content (AvgIpc) is 3.40. The number of rotatable bonds is 9. The molecule has 36 heavy (non-hydrogen) atoms. The van der Waals surface area contributed by atoms with Crippen LogP contribution in [-0.4, -0.2) is 34.9 Å². The number of carbonyl (C=O) groups is 1. The number of fused-ring (bicyclic) bond motifs is 1. The summed E-state index contributed by atoms with van der Waals surface area (Å²) in [5.41, 5.74) is 2.39. The first-order valence-electron chi connectivity index (χ1n) is 11.7. The van der Waals surface area contributed by atoms with Gasteiger partial charge in [-0.05, 0) is 23.6 Å². The first-order chi connectivity index (χ1) is 17.1. The zero-order valence-electron chi connectivity index (χ0n) is 20.2. The molecule has 0 radical (unpaired) electrons. The van der Waals surface area contributed by atoms with Crippen molar-refractivity contribution < 1.29 is 22.0 Å². The summed E-state index contributed by atoms with van der Waals surface area (Å²) in [5, 5.41) is 3.18. The molecule has 3 heterocycles. The van der Waals surface area contributed by atoms with Crippen LogP contribution < -0.4 is 5.32 Å². The van der Waals surface area contributed by atoms with E-state index in [-0.39, 0.29) is 40.6 Å². The van der Waals surface area contributed by atoms with Crippen LogP contribution in [0, 0.1) is 5.92 Å². The zero-order chi connectivity index (χ0) is 26.0. The van der Waals surface area contributed by atoms with Gasteiger partial charge in [0.05, 0.1) is 34.6 Å². The van der Waals surface area contributed by atoms with Crippen molar-refractivity contribution in [3.63, 3.8) is 0 Å². The van der Waals surface area contributed by atoms with Gasteiger partial charge in [-0.15, -0.1) is 11.3 Å². The lowest BCUT2D eigenvalue weighted by atomic mass is 10.0. The zero-order valence-corrected chi connectivity index (χ0v) is 21.9. The van der Waals surface area contributed by atoms with Gasteiger partial charge in [0.25, 0.3) is 12.3 Å². The van der Waals surface area contributed by atoms with Crippen molar-refractivity contribution in [1.82, 2.24) is 20.2 Å². The third-order valence-electron chi connectivity index (χ3n) is 6.16. The second-order valence-electron chi connectivity index (χ2n) is 9.03. The number of halogens is 2. The van der Waals surface area contributed by atoms with E-state index in [1.165, 1.54) is 35.7 Å². The Labute approximate surface area is 213 Å². The van der Waals surface area contributed by atoms with Crippen molar-refractivity contribution in [3.8, 4) is 0 Å². The maximum atomic E-state index is 12.9. The number of hydrogen-bond acceptors (Lipinski definition) is 7. The van der Waals surface area contributed by atoms with Crippen LogP contribution >= 0.6 is 11.3 Å². The molecule has 192 valence electrons. The molecule has 11 heteroatoms. The van der Waals surface area contributed by atoms with E-state index in [4.69, 9.17) is 0 Å². The smallest absolute Gasteiger partial charge is 0.280 e. The fourth-order valence-corrected chi connectivity index (χ4v) is 6.13. The summed E-state index contributed by atoms with van der Waals surface area (Å²) >= 11 is 1.35. The molecule has 1 atom stereocenters. The van der Waals surface area contributed by atoms with Gasteiger partial charge in [-0.25, -0.2) is 22.2 Å². The minimum atomic E-state index is -3.32. The number of alkyl halides is 2. The molecule has 1 amide bonds. The van der Waals surface area contributed by atoms with E-state index in [2.05, 4.69) is 34.0 Å². The van der Waals surface area contributed by atoms with Crippen LogP contribution in [0.5, 0.6) is 0 Å². The van der Waals surface area contributed by atoms with E-state index in [0.29, 0.717) is 23.8 Å². The maximum absolute atomic E-state index is 12.9. The Hall–Kier alpha value is -2.76. The number of sulfone groups is 1. The maximum Gasteiger partial charge on any atom is 0.280 e. The molecule has 3 aromatic rings. The predicted octanol–water partition coefficient (Wildman–Crippen LogP) is 4.91. The summed E-state index contributed by atoms with van der Waals surface area (Å²) in [5.74, 6) is -0.0657.